The zero-order valence-electron chi connectivity index (χ0n) is 8.70. The molecular weight excluding hydrogens is 198 g/mol. The number of hydrogen-bond acceptors (Lipinski definition) is 4. The van der Waals surface area contributed by atoms with Crippen molar-refractivity contribution in [2.24, 2.45) is 5.73 Å². The van der Waals surface area contributed by atoms with E-state index in [1.807, 2.05) is 6.92 Å². The second-order valence-corrected chi connectivity index (χ2v) is 4.83. The maximum atomic E-state index is 11.1. The van der Waals surface area contributed by atoms with Gasteiger partial charge in [0.1, 0.15) is 0 Å². The Hall–Kier alpha value is -0.220. The number of ether oxygens (including phenoxy) is 1. The molecule has 0 aromatic heterocycles. The van der Waals surface area contributed by atoms with Gasteiger partial charge in [-0.1, -0.05) is 12.8 Å². The Balaban J connectivity index is 2.19. The molecule has 0 aliphatic heterocycles. The van der Waals surface area contributed by atoms with Crippen molar-refractivity contribution >= 4 is 17.7 Å². The van der Waals surface area contributed by atoms with Crippen LogP contribution in [0.2, 0.25) is 0 Å². The van der Waals surface area contributed by atoms with Crippen LogP contribution >= 0.6 is 11.8 Å². The van der Waals surface area contributed by atoms with E-state index in [4.69, 9.17) is 10.5 Å². The molecule has 82 valence electrons. The van der Waals surface area contributed by atoms with Gasteiger partial charge in [0, 0.05) is 11.3 Å². The van der Waals surface area contributed by atoms with Crippen molar-refractivity contribution in [3.05, 3.63) is 0 Å². The van der Waals surface area contributed by atoms with Crippen molar-refractivity contribution in [1.29, 1.82) is 0 Å². The summed E-state index contributed by atoms with van der Waals surface area (Å²) in [6, 6.07) is 0.267. The van der Waals surface area contributed by atoms with Gasteiger partial charge in [0.05, 0.1) is 12.4 Å². The summed E-state index contributed by atoms with van der Waals surface area (Å²) in [5.41, 5.74) is 5.97. The molecule has 2 atom stereocenters. The van der Waals surface area contributed by atoms with Gasteiger partial charge >= 0.3 is 5.97 Å². The highest BCUT2D eigenvalue weighted by Crippen LogP contribution is 2.27. The number of thioether (sulfide) groups is 1. The highest BCUT2D eigenvalue weighted by molar-refractivity contribution is 8.00. The Morgan fingerprint density at radius 1 is 1.50 bits per heavy atom. The second kappa shape index (κ2) is 6.30. The van der Waals surface area contributed by atoms with E-state index in [9.17, 15) is 4.79 Å². The van der Waals surface area contributed by atoms with Crippen LogP contribution in [0.25, 0.3) is 0 Å². The van der Waals surface area contributed by atoms with Crippen LogP contribution in [0.5, 0.6) is 0 Å². The molecule has 1 aliphatic carbocycles. The monoisotopic (exact) mass is 217 g/mol. The summed E-state index contributed by atoms with van der Waals surface area (Å²) in [5, 5.41) is 0.452. The van der Waals surface area contributed by atoms with E-state index in [2.05, 4.69) is 0 Å². The highest BCUT2D eigenvalue weighted by atomic mass is 32.2. The van der Waals surface area contributed by atoms with Gasteiger partial charge in [-0.2, -0.15) is 0 Å². The molecule has 0 aromatic carbocycles. The quantitative estimate of drug-likeness (QED) is 0.726. The van der Waals surface area contributed by atoms with Gasteiger partial charge in [0.25, 0.3) is 0 Å². The van der Waals surface area contributed by atoms with E-state index in [1.165, 1.54) is 12.8 Å². The lowest BCUT2D eigenvalue weighted by molar-refractivity contribution is -0.139. The summed E-state index contributed by atoms with van der Waals surface area (Å²) < 4.78 is 4.87. The fraction of sp³-hybridized carbons (Fsp3) is 0.900. The molecule has 1 aliphatic rings. The van der Waals surface area contributed by atoms with Crippen molar-refractivity contribution in [1.82, 2.24) is 0 Å². The number of nitrogens with two attached hydrogens (primary N) is 1. The number of hydrogen-bond donors (Lipinski definition) is 1. The minimum Gasteiger partial charge on any atom is -0.465 e. The van der Waals surface area contributed by atoms with Gasteiger partial charge in [0.15, 0.2) is 0 Å². The average Bonchev–Trinajstić information content (AvgIpc) is 2.17. The predicted octanol–water partition coefficient (Wildman–Crippen LogP) is 1.55. The summed E-state index contributed by atoms with van der Waals surface area (Å²) in [6.07, 6.45) is 4.72. The van der Waals surface area contributed by atoms with E-state index in [0.29, 0.717) is 17.6 Å². The molecule has 0 spiro atoms. The Bertz CT molecular complexity index is 187. The summed E-state index contributed by atoms with van der Waals surface area (Å²) in [6.45, 7) is 2.30. The van der Waals surface area contributed by atoms with Crippen LogP contribution in [0.3, 0.4) is 0 Å². The maximum absolute atomic E-state index is 11.1. The Morgan fingerprint density at radius 2 is 2.21 bits per heavy atom. The molecule has 2 N–H and O–H groups in total. The van der Waals surface area contributed by atoms with Gasteiger partial charge in [-0.25, -0.2) is 0 Å². The first-order valence-electron chi connectivity index (χ1n) is 5.27. The van der Waals surface area contributed by atoms with Gasteiger partial charge < -0.3 is 10.5 Å². The average molecular weight is 217 g/mol. The zero-order chi connectivity index (χ0) is 10.4. The van der Waals surface area contributed by atoms with Crippen LogP contribution in [0.4, 0.5) is 0 Å². The number of carbonyl (C=O) groups is 1. The molecule has 0 amide bonds. The number of rotatable bonds is 4. The molecule has 1 fully saturated rings. The number of esters is 1. The molecule has 3 nitrogen and oxygen atoms in total. The fourth-order valence-electron chi connectivity index (χ4n) is 1.71. The van der Waals surface area contributed by atoms with E-state index < -0.39 is 0 Å². The van der Waals surface area contributed by atoms with Gasteiger partial charge in [-0.3, -0.25) is 4.79 Å². The van der Waals surface area contributed by atoms with E-state index >= 15 is 0 Å². The van der Waals surface area contributed by atoms with Crippen LogP contribution in [-0.2, 0) is 9.53 Å². The van der Waals surface area contributed by atoms with Crippen molar-refractivity contribution in [3.63, 3.8) is 0 Å². The predicted molar refractivity (Wildman–Crippen MR) is 59.3 cm³/mol. The Labute approximate surface area is 89.8 Å². The first-order valence-corrected chi connectivity index (χ1v) is 6.31. The third-order valence-electron chi connectivity index (χ3n) is 2.47. The van der Waals surface area contributed by atoms with E-state index in [-0.39, 0.29) is 12.0 Å². The first kappa shape index (κ1) is 11.9. The topological polar surface area (TPSA) is 52.3 Å². The first-order chi connectivity index (χ1) is 6.74. The third kappa shape index (κ3) is 3.88. The maximum Gasteiger partial charge on any atom is 0.315 e. The van der Waals surface area contributed by atoms with Crippen LogP contribution in [0.1, 0.15) is 32.6 Å². The molecule has 0 aromatic rings. The SMILES string of the molecule is CCOC(=O)CSC1CCCCC1N. The summed E-state index contributed by atoms with van der Waals surface area (Å²) in [7, 11) is 0. The lowest BCUT2D eigenvalue weighted by atomic mass is 9.96. The standard InChI is InChI=1S/C10H19NO2S/c1-2-13-10(12)7-14-9-6-4-3-5-8(9)11/h8-9H,2-7,11H2,1H3. The van der Waals surface area contributed by atoms with Gasteiger partial charge in [-0.05, 0) is 19.8 Å². The smallest absolute Gasteiger partial charge is 0.315 e. The van der Waals surface area contributed by atoms with Crippen molar-refractivity contribution in [3.8, 4) is 0 Å². The lowest BCUT2D eigenvalue weighted by Gasteiger charge is -2.27. The Kier molecular flexibility index (Phi) is 5.33. The second-order valence-electron chi connectivity index (χ2n) is 3.60. The minimum absolute atomic E-state index is 0.115. The fourth-order valence-corrected chi connectivity index (χ4v) is 2.86. The molecule has 0 radical (unpaired) electrons. The third-order valence-corrected chi connectivity index (χ3v) is 3.89. The van der Waals surface area contributed by atoms with Crippen LogP contribution in [0.15, 0.2) is 0 Å². The molecule has 1 rings (SSSR count). The zero-order valence-corrected chi connectivity index (χ0v) is 9.52. The normalized spacial score (nSPS) is 27.3. The van der Waals surface area contributed by atoms with E-state index in [0.717, 1.165) is 12.8 Å². The van der Waals surface area contributed by atoms with Crippen LogP contribution in [0, 0.1) is 0 Å². The summed E-state index contributed by atoms with van der Waals surface area (Å²) in [4.78, 5) is 11.1. The highest BCUT2D eigenvalue weighted by Gasteiger charge is 2.22. The van der Waals surface area contributed by atoms with Gasteiger partial charge in [-0.15, -0.1) is 11.8 Å². The van der Waals surface area contributed by atoms with Crippen molar-refractivity contribution in [2.75, 3.05) is 12.4 Å². The molecule has 2 unspecified atom stereocenters. The molecule has 1 saturated carbocycles. The van der Waals surface area contributed by atoms with Crippen molar-refractivity contribution < 1.29 is 9.53 Å². The van der Waals surface area contributed by atoms with Crippen LogP contribution in [-0.4, -0.2) is 29.6 Å². The molecule has 14 heavy (non-hydrogen) atoms. The molecule has 0 saturated heterocycles. The van der Waals surface area contributed by atoms with Crippen LogP contribution < -0.4 is 5.73 Å². The van der Waals surface area contributed by atoms with Gasteiger partial charge in [0.2, 0.25) is 0 Å². The molecule has 0 bridgehead atoms. The number of carbonyl (C=O) groups excluding carboxylic acids is 1. The largest absolute Gasteiger partial charge is 0.465 e. The molecule has 0 heterocycles. The molecular formula is C10H19NO2S. The summed E-state index contributed by atoms with van der Waals surface area (Å²) >= 11 is 1.65. The Morgan fingerprint density at radius 3 is 2.86 bits per heavy atom. The van der Waals surface area contributed by atoms with Crippen molar-refractivity contribution in [2.45, 2.75) is 43.9 Å². The van der Waals surface area contributed by atoms with E-state index in [1.54, 1.807) is 11.8 Å². The summed E-state index contributed by atoms with van der Waals surface area (Å²) in [5.74, 6) is 0.335. The molecule has 4 heteroatoms. The lowest BCUT2D eigenvalue weighted by Crippen LogP contribution is -2.35. The minimum atomic E-state index is -0.115.